The van der Waals surface area contributed by atoms with Gasteiger partial charge in [0.2, 0.25) is 11.8 Å². The number of carbonyl (C=O) groups is 3. The summed E-state index contributed by atoms with van der Waals surface area (Å²) in [6.07, 6.45) is 9.23. The minimum atomic E-state index is -1.04. The van der Waals surface area contributed by atoms with E-state index in [1.165, 1.54) is 23.1 Å². The van der Waals surface area contributed by atoms with Crippen molar-refractivity contribution in [2.75, 3.05) is 33.5 Å². The first kappa shape index (κ1) is 35.0. The molecule has 2 amide bonds. The van der Waals surface area contributed by atoms with Crippen LogP contribution in [0, 0.1) is 5.92 Å². The molecule has 0 aromatic carbocycles. The second-order valence-corrected chi connectivity index (χ2v) is 11.4. The third kappa shape index (κ3) is 12.8. The molecule has 2 N–H and O–H groups in total. The molecule has 3 atom stereocenters. The number of unbranched alkanes of at least 4 members (excludes halogenated alkanes) is 2. The molecule has 2 rings (SSSR count). The van der Waals surface area contributed by atoms with Crippen molar-refractivity contribution in [2.45, 2.75) is 111 Å². The molecule has 1 aromatic rings. The Kier molecular flexibility index (Phi) is 17.9. The normalized spacial score (nSPS) is 17.0. The number of aromatic carboxylic acids is 1. The fraction of sp³-hybridized carbons (Fsp3) is 0.793. The Labute approximate surface area is 239 Å². The molecule has 0 radical (unpaired) electrons. The second-order valence-electron chi connectivity index (χ2n) is 10.5. The molecule has 1 aliphatic rings. The molecule has 0 saturated carbocycles. The van der Waals surface area contributed by atoms with Crippen LogP contribution in [0.1, 0.15) is 108 Å². The van der Waals surface area contributed by atoms with E-state index in [0.29, 0.717) is 26.0 Å². The molecule has 0 spiro atoms. The van der Waals surface area contributed by atoms with Gasteiger partial charge in [0, 0.05) is 25.0 Å². The number of hydrogen-bond donors (Lipinski definition) is 2. The standard InChI is InChI=1S/C26H44N4O5S.C3H8/c1-5-7-10-16-35-18-30(15-11-13-22-27-20(17-36-22)26(33)34)25(32)23(19(3)6-2)28-24(31)21-12-8-9-14-29(21)4;1-3-2/h17,19,21,23H,5-16,18H2,1-4H3,(H,28,31)(H,33,34);3H2,1-2H3. The Hall–Kier alpha value is -2.04. The molecule has 1 aliphatic heterocycles. The van der Waals surface area contributed by atoms with Gasteiger partial charge >= 0.3 is 5.97 Å². The van der Waals surface area contributed by atoms with Crippen molar-refractivity contribution >= 4 is 29.1 Å². The third-order valence-electron chi connectivity index (χ3n) is 6.89. The monoisotopic (exact) mass is 568 g/mol. The number of hydrogen-bond acceptors (Lipinski definition) is 7. The van der Waals surface area contributed by atoms with Crippen LogP contribution in [0.3, 0.4) is 0 Å². The minimum Gasteiger partial charge on any atom is -0.476 e. The number of nitrogens with one attached hydrogen (secondary N) is 1. The number of likely N-dealkylation sites (N-methyl/N-ethyl adjacent to an activating group) is 1. The Bertz CT molecular complexity index is 849. The van der Waals surface area contributed by atoms with E-state index in [2.05, 4.69) is 36.0 Å². The zero-order chi connectivity index (χ0) is 29.2. The lowest BCUT2D eigenvalue weighted by Crippen LogP contribution is -2.57. The van der Waals surface area contributed by atoms with Crippen molar-refractivity contribution in [3.63, 3.8) is 0 Å². The first-order valence-electron chi connectivity index (χ1n) is 14.7. The highest BCUT2D eigenvalue weighted by Gasteiger charge is 2.34. The van der Waals surface area contributed by atoms with E-state index in [4.69, 9.17) is 9.84 Å². The fourth-order valence-corrected chi connectivity index (χ4v) is 5.16. The molecule has 1 fully saturated rings. The number of piperidine rings is 1. The van der Waals surface area contributed by atoms with Gasteiger partial charge in [-0.1, -0.05) is 66.7 Å². The molecule has 39 heavy (non-hydrogen) atoms. The number of carboxylic acids is 1. The number of rotatable bonds is 16. The number of aromatic nitrogens is 1. The molecule has 1 saturated heterocycles. The molecule has 10 heteroatoms. The molecule has 0 bridgehead atoms. The zero-order valence-corrected chi connectivity index (χ0v) is 25.9. The Morgan fingerprint density at radius 3 is 2.51 bits per heavy atom. The van der Waals surface area contributed by atoms with E-state index in [-0.39, 0.29) is 36.2 Å². The first-order valence-corrected chi connectivity index (χ1v) is 15.6. The van der Waals surface area contributed by atoms with Crippen LogP contribution in [0.5, 0.6) is 0 Å². The summed E-state index contributed by atoms with van der Waals surface area (Å²) in [5.41, 5.74) is 0.0504. The third-order valence-corrected chi connectivity index (χ3v) is 7.80. The summed E-state index contributed by atoms with van der Waals surface area (Å²) in [6.45, 7) is 12.5. The van der Waals surface area contributed by atoms with Crippen molar-refractivity contribution in [2.24, 2.45) is 5.92 Å². The van der Waals surface area contributed by atoms with Gasteiger partial charge in [-0.15, -0.1) is 11.3 Å². The predicted molar refractivity (Wildman–Crippen MR) is 157 cm³/mol. The number of thiazole rings is 1. The highest BCUT2D eigenvalue weighted by atomic mass is 32.1. The fourth-order valence-electron chi connectivity index (χ4n) is 4.35. The van der Waals surface area contributed by atoms with Crippen LogP contribution >= 0.6 is 11.3 Å². The van der Waals surface area contributed by atoms with E-state index in [1.54, 1.807) is 4.90 Å². The number of amides is 2. The van der Waals surface area contributed by atoms with Gasteiger partial charge in [0.25, 0.3) is 0 Å². The van der Waals surface area contributed by atoms with Crippen molar-refractivity contribution in [1.82, 2.24) is 20.1 Å². The highest BCUT2D eigenvalue weighted by molar-refractivity contribution is 7.09. The smallest absolute Gasteiger partial charge is 0.355 e. The maximum atomic E-state index is 13.7. The molecule has 1 aromatic heterocycles. The number of likely N-dealkylation sites (tertiary alicyclic amines) is 1. The first-order chi connectivity index (χ1) is 18.7. The molecule has 2 heterocycles. The van der Waals surface area contributed by atoms with Gasteiger partial charge in [-0.2, -0.15) is 0 Å². The van der Waals surface area contributed by atoms with Gasteiger partial charge in [0.15, 0.2) is 5.69 Å². The number of nitrogens with zero attached hydrogens (tertiary/aromatic N) is 3. The minimum absolute atomic E-state index is 0.0185. The Balaban J connectivity index is 0.00000242. The van der Waals surface area contributed by atoms with E-state index in [9.17, 15) is 14.4 Å². The number of aryl methyl sites for hydroxylation is 1. The SMILES string of the molecule is CCC.CCCCCOCN(CCCc1nc(C(=O)O)cs1)C(=O)C(NC(=O)C1CCCCN1C)C(C)CC. The number of carbonyl (C=O) groups excluding carboxylic acids is 2. The summed E-state index contributed by atoms with van der Waals surface area (Å²) in [6, 6.07) is -0.819. The molecular formula is C29H52N4O5S. The summed E-state index contributed by atoms with van der Waals surface area (Å²) in [7, 11) is 1.97. The maximum Gasteiger partial charge on any atom is 0.355 e. The van der Waals surface area contributed by atoms with Gasteiger partial charge in [0.05, 0.1) is 11.0 Å². The summed E-state index contributed by atoms with van der Waals surface area (Å²) in [5.74, 6) is -1.26. The van der Waals surface area contributed by atoms with Crippen molar-refractivity contribution in [3.05, 3.63) is 16.1 Å². The molecule has 224 valence electrons. The predicted octanol–water partition coefficient (Wildman–Crippen LogP) is 5.20. The summed E-state index contributed by atoms with van der Waals surface area (Å²) >= 11 is 1.32. The van der Waals surface area contributed by atoms with Gasteiger partial charge in [-0.05, 0) is 45.2 Å². The Morgan fingerprint density at radius 2 is 1.92 bits per heavy atom. The van der Waals surface area contributed by atoms with Crippen LogP contribution in [-0.2, 0) is 20.7 Å². The topological polar surface area (TPSA) is 112 Å². The quantitative estimate of drug-likeness (QED) is 0.208. The lowest BCUT2D eigenvalue weighted by atomic mass is 9.96. The summed E-state index contributed by atoms with van der Waals surface area (Å²) < 4.78 is 5.85. The maximum absolute atomic E-state index is 13.7. The second kappa shape index (κ2) is 19.9. The number of ether oxygens (including phenoxy) is 1. The molecule has 3 unspecified atom stereocenters. The zero-order valence-electron chi connectivity index (χ0n) is 25.0. The lowest BCUT2D eigenvalue weighted by Gasteiger charge is -2.35. The van der Waals surface area contributed by atoms with Crippen LogP contribution in [0.15, 0.2) is 5.38 Å². The highest BCUT2D eigenvalue weighted by Crippen LogP contribution is 2.18. The van der Waals surface area contributed by atoms with Crippen LogP contribution in [0.2, 0.25) is 0 Å². The van der Waals surface area contributed by atoms with E-state index < -0.39 is 12.0 Å². The lowest BCUT2D eigenvalue weighted by molar-refractivity contribution is -0.144. The van der Waals surface area contributed by atoms with Gasteiger partial charge in [-0.3, -0.25) is 14.5 Å². The van der Waals surface area contributed by atoms with Crippen LogP contribution < -0.4 is 5.32 Å². The van der Waals surface area contributed by atoms with Crippen molar-refractivity contribution in [3.8, 4) is 0 Å². The average Bonchev–Trinajstić information content (AvgIpc) is 3.40. The largest absolute Gasteiger partial charge is 0.476 e. The summed E-state index contributed by atoms with van der Waals surface area (Å²) in [4.78, 5) is 45.9. The Morgan fingerprint density at radius 1 is 1.21 bits per heavy atom. The van der Waals surface area contributed by atoms with E-state index in [0.717, 1.165) is 56.5 Å². The molecule has 0 aliphatic carbocycles. The van der Waals surface area contributed by atoms with E-state index >= 15 is 0 Å². The van der Waals surface area contributed by atoms with Gasteiger partial charge in [0.1, 0.15) is 12.8 Å². The number of carboxylic acid groups (broad SMARTS) is 1. The molecular weight excluding hydrogens is 516 g/mol. The molecule has 9 nitrogen and oxygen atoms in total. The average molecular weight is 569 g/mol. The summed E-state index contributed by atoms with van der Waals surface area (Å²) in [5, 5.41) is 14.4. The van der Waals surface area contributed by atoms with Gasteiger partial charge in [-0.25, -0.2) is 9.78 Å². The van der Waals surface area contributed by atoms with Crippen LogP contribution in [-0.4, -0.2) is 83.2 Å². The van der Waals surface area contributed by atoms with Crippen molar-refractivity contribution in [1.29, 1.82) is 0 Å². The van der Waals surface area contributed by atoms with Crippen LogP contribution in [0.25, 0.3) is 0 Å². The van der Waals surface area contributed by atoms with Crippen LogP contribution in [0.4, 0.5) is 0 Å². The van der Waals surface area contributed by atoms with Gasteiger partial charge < -0.3 is 20.1 Å². The van der Waals surface area contributed by atoms with Crippen molar-refractivity contribution < 1.29 is 24.2 Å². The van der Waals surface area contributed by atoms with E-state index in [1.807, 2.05) is 20.9 Å².